The number of amides is 1. The van der Waals surface area contributed by atoms with E-state index in [1.165, 1.54) is 24.3 Å². The molecule has 0 saturated carbocycles. The lowest BCUT2D eigenvalue weighted by Crippen LogP contribution is -2.45. The topological polar surface area (TPSA) is 46.3 Å². The van der Waals surface area contributed by atoms with Crippen molar-refractivity contribution in [3.8, 4) is 0 Å². The normalized spacial score (nSPS) is 24.1. The summed E-state index contributed by atoms with van der Waals surface area (Å²) in [7, 11) is 0. The second kappa shape index (κ2) is 5.48. The fraction of sp³-hybridized carbons (Fsp3) is 0.500. The maximum absolute atomic E-state index is 12.8. The molecule has 1 fully saturated rings. The van der Waals surface area contributed by atoms with Crippen molar-refractivity contribution in [1.82, 2.24) is 4.90 Å². The molecule has 98 valence electrons. The highest BCUT2D eigenvalue weighted by atomic mass is 19.1. The van der Waals surface area contributed by atoms with Gasteiger partial charge in [-0.15, -0.1) is 0 Å². The van der Waals surface area contributed by atoms with Crippen molar-refractivity contribution in [2.45, 2.75) is 13.3 Å². The third kappa shape index (κ3) is 2.70. The summed E-state index contributed by atoms with van der Waals surface area (Å²) >= 11 is 0. The van der Waals surface area contributed by atoms with Crippen LogP contribution in [0.25, 0.3) is 0 Å². The molecule has 0 aromatic heterocycles. The van der Waals surface area contributed by atoms with E-state index < -0.39 is 0 Å². The molecule has 0 aliphatic carbocycles. The Kier molecular flexibility index (Phi) is 3.97. The van der Waals surface area contributed by atoms with E-state index in [-0.39, 0.29) is 11.7 Å². The van der Waals surface area contributed by atoms with Gasteiger partial charge in [-0.05, 0) is 49.1 Å². The van der Waals surface area contributed by atoms with Gasteiger partial charge in [0.1, 0.15) is 5.82 Å². The van der Waals surface area contributed by atoms with Crippen LogP contribution in [0.4, 0.5) is 4.39 Å². The van der Waals surface area contributed by atoms with Crippen molar-refractivity contribution in [3.05, 3.63) is 35.6 Å². The Morgan fingerprint density at radius 3 is 2.72 bits per heavy atom. The lowest BCUT2D eigenvalue weighted by Gasteiger charge is -2.36. The third-order valence-corrected chi connectivity index (χ3v) is 3.80. The minimum Gasteiger partial charge on any atom is -0.338 e. The first-order chi connectivity index (χ1) is 8.61. The molecule has 3 nitrogen and oxygen atoms in total. The third-order valence-electron chi connectivity index (χ3n) is 3.80. The van der Waals surface area contributed by atoms with Crippen LogP contribution in [0.1, 0.15) is 23.7 Å². The van der Waals surface area contributed by atoms with Gasteiger partial charge in [-0.1, -0.05) is 6.92 Å². The van der Waals surface area contributed by atoms with Crippen molar-refractivity contribution in [3.63, 3.8) is 0 Å². The average Bonchev–Trinajstić information content (AvgIpc) is 2.39. The molecule has 1 aromatic carbocycles. The molecule has 2 rings (SSSR count). The van der Waals surface area contributed by atoms with Crippen LogP contribution in [-0.4, -0.2) is 30.4 Å². The maximum atomic E-state index is 12.8. The number of likely N-dealkylation sites (tertiary alicyclic amines) is 1. The summed E-state index contributed by atoms with van der Waals surface area (Å²) < 4.78 is 12.8. The molecule has 2 N–H and O–H groups in total. The Hall–Kier alpha value is -1.42. The van der Waals surface area contributed by atoms with Crippen molar-refractivity contribution in [2.75, 3.05) is 19.6 Å². The van der Waals surface area contributed by atoms with Gasteiger partial charge in [0.25, 0.3) is 5.91 Å². The Bertz CT molecular complexity index is 418. The number of benzene rings is 1. The summed E-state index contributed by atoms with van der Waals surface area (Å²) in [6.07, 6.45) is 0.981. The van der Waals surface area contributed by atoms with E-state index in [0.717, 1.165) is 13.0 Å². The number of piperidine rings is 1. The summed E-state index contributed by atoms with van der Waals surface area (Å²) in [6, 6.07) is 5.71. The molecule has 2 atom stereocenters. The van der Waals surface area contributed by atoms with E-state index >= 15 is 0 Å². The monoisotopic (exact) mass is 250 g/mol. The summed E-state index contributed by atoms with van der Waals surface area (Å²) in [5, 5.41) is 0. The van der Waals surface area contributed by atoms with Crippen molar-refractivity contribution < 1.29 is 9.18 Å². The number of carbonyl (C=O) groups excluding carboxylic acids is 1. The second-order valence-corrected chi connectivity index (χ2v) is 5.02. The van der Waals surface area contributed by atoms with Gasteiger partial charge in [-0.25, -0.2) is 4.39 Å². The van der Waals surface area contributed by atoms with Gasteiger partial charge in [-0.3, -0.25) is 4.79 Å². The first-order valence-electron chi connectivity index (χ1n) is 6.36. The number of rotatable bonds is 2. The molecule has 0 bridgehead atoms. The van der Waals surface area contributed by atoms with Crippen LogP contribution in [0.5, 0.6) is 0 Å². The highest BCUT2D eigenvalue weighted by molar-refractivity contribution is 5.94. The fourth-order valence-electron chi connectivity index (χ4n) is 2.42. The van der Waals surface area contributed by atoms with E-state index in [1.54, 1.807) is 0 Å². The SMILES string of the molecule is CC1CCN(C(=O)c2ccc(F)cc2)CC1CN. The molecule has 18 heavy (non-hydrogen) atoms. The number of halogens is 1. The Labute approximate surface area is 107 Å². The van der Waals surface area contributed by atoms with Gasteiger partial charge in [0.2, 0.25) is 0 Å². The first kappa shape index (κ1) is 13.0. The zero-order valence-corrected chi connectivity index (χ0v) is 10.6. The Balaban J connectivity index is 2.07. The molecule has 1 aliphatic rings. The quantitative estimate of drug-likeness (QED) is 0.871. The van der Waals surface area contributed by atoms with Crippen molar-refractivity contribution >= 4 is 5.91 Å². The van der Waals surface area contributed by atoms with Crippen molar-refractivity contribution in [2.24, 2.45) is 17.6 Å². The zero-order valence-electron chi connectivity index (χ0n) is 10.6. The van der Waals surface area contributed by atoms with Gasteiger partial charge >= 0.3 is 0 Å². The van der Waals surface area contributed by atoms with Crippen LogP contribution < -0.4 is 5.73 Å². The van der Waals surface area contributed by atoms with Crippen LogP contribution in [-0.2, 0) is 0 Å². The van der Waals surface area contributed by atoms with Gasteiger partial charge in [0.05, 0.1) is 0 Å². The summed E-state index contributed by atoms with van der Waals surface area (Å²) in [6.45, 7) is 4.24. The fourth-order valence-corrected chi connectivity index (χ4v) is 2.42. The van der Waals surface area contributed by atoms with Crippen LogP contribution >= 0.6 is 0 Å². The van der Waals surface area contributed by atoms with Gasteiger partial charge < -0.3 is 10.6 Å². The summed E-state index contributed by atoms with van der Waals surface area (Å²) in [5.74, 6) is 0.578. The first-order valence-corrected chi connectivity index (χ1v) is 6.36. The average molecular weight is 250 g/mol. The maximum Gasteiger partial charge on any atom is 0.253 e. The molecule has 1 amide bonds. The summed E-state index contributed by atoms with van der Waals surface area (Å²) in [5.41, 5.74) is 6.27. The van der Waals surface area contributed by atoms with Crippen LogP contribution in [0, 0.1) is 17.7 Å². The standard InChI is InChI=1S/C14H19FN2O/c1-10-6-7-17(9-12(10)8-16)14(18)11-2-4-13(15)5-3-11/h2-5,10,12H,6-9,16H2,1H3. The van der Waals surface area contributed by atoms with E-state index in [2.05, 4.69) is 6.92 Å². The molecule has 1 saturated heterocycles. The molecule has 4 heteroatoms. The predicted octanol–water partition coefficient (Wildman–Crippen LogP) is 1.88. The Morgan fingerprint density at radius 2 is 2.11 bits per heavy atom. The predicted molar refractivity (Wildman–Crippen MR) is 68.6 cm³/mol. The number of hydrogen-bond donors (Lipinski definition) is 1. The van der Waals surface area contributed by atoms with Crippen LogP contribution in [0.3, 0.4) is 0 Å². The Morgan fingerprint density at radius 1 is 1.44 bits per heavy atom. The van der Waals surface area contributed by atoms with Gasteiger partial charge in [-0.2, -0.15) is 0 Å². The zero-order chi connectivity index (χ0) is 13.1. The lowest BCUT2D eigenvalue weighted by atomic mass is 9.87. The summed E-state index contributed by atoms with van der Waals surface area (Å²) in [4.78, 5) is 14.1. The van der Waals surface area contributed by atoms with Crippen molar-refractivity contribution in [1.29, 1.82) is 0 Å². The molecule has 1 aliphatic heterocycles. The van der Waals surface area contributed by atoms with E-state index in [0.29, 0.717) is 30.5 Å². The minimum atomic E-state index is -0.321. The number of nitrogens with two attached hydrogens (primary N) is 1. The van der Waals surface area contributed by atoms with Crippen LogP contribution in [0.15, 0.2) is 24.3 Å². The van der Waals surface area contributed by atoms with E-state index in [1.807, 2.05) is 4.90 Å². The smallest absolute Gasteiger partial charge is 0.253 e. The molecule has 2 unspecified atom stereocenters. The largest absolute Gasteiger partial charge is 0.338 e. The van der Waals surface area contributed by atoms with Gasteiger partial charge in [0.15, 0.2) is 0 Å². The number of hydrogen-bond acceptors (Lipinski definition) is 2. The lowest BCUT2D eigenvalue weighted by molar-refractivity contribution is 0.0618. The molecule has 0 radical (unpaired) electrons. The molecule has 1 aromatic rings. The van der Waals surface area contributed by atoms with E-state index in [4.69, 9.17) is 5.73 Å². The van der Waals surface area contributed by atoms with Crippen LogP contribution in [0.2, 0.25) is 0 Å². The van der Waals surface area contributed by atoms with Gasteiger partial charge in [0, 0.05) is 18.7 Å². The van der Waals surface area contributed by atoms with E-state index in [9.17, 15) is 9.18 Å². The minimum absolute atomic E-state index is 0.0275. The molecular weight excluding hydrogens is 231 g/mol. The highest BCUT2D eigenvalue weighted by Crippen LogP contribution is 2.23. The highest BCUT2D eigenvalue weighted by Gasteiger charge is 2.28. The molecule has 1 heterocycles. The number of carbonyl (C=O) groups is 1. The molecule has 0 spiro atoms. The second-order valence-electron chi connectivity index (χ2n) is 5.02. The molecular formula is C14H19FN2O. The number of nitrogens with zero attached hydrogens (tertiary/aromatic N) is 1.